The van der Waals surface area contributed by atoms with Crippen LogP contribution in [0.3, 0.4) is 0 Å². The van der Waals surface area contributed by atoms with Crippen molar-refractivity contribution in [1.82, 2.24) is 9.97 Å². The molecule has 0 saturated carbocycles. The molecule has 7 heteroatoms. The summed E-state index contributed by atoms with van der Waals surface area (Å²) in [6, 6.07) is 9.13. The van der Waals surface area contributed by atoms with E-state index in [0.717, 1.165) is 5.56 Å². The van der Waals surface area contributed by atoms with E-state index in [-0.39, 0.29) is 27.8 Å². The molecule has 0 unspecified atom stereocenters. The van der Waals surface area contributed by atoms with Crippen LogP contribution in [0.15, 0.2) is 36.4 Å². The van der Waals surface area contributed by atoms with Crippen molar-refractivity contribution in [2.75, 3.05) is 0 Å². The third-order valence-electron chi connectivity index (χ3n) is 5.51. The smallest absolute Gasteiger partial charge is 0.250 e. The highest BCUT2D eigenvalue weighted by Crippen LogP contribution is 2.33. The fourth-order valence-corrected chi connectivity index (χ4v) is 3.93. The van der Waals surface area contributed by atoms with Gasteiger partial charge in [-0.15, -0.1) is 0 Å². The molecule has 0 atom stereocenters. The number of rotatable bonds is 3. The maximum atomic E-state index is 14.2. The number of benzene rings is 2. The van der Waals surface area contributed by atoms with Gasteiger partial charge < -0.3 is 0 Å². The summed E-state index contributed by atoms with van der Waals surface area (Å²) >= 11 is 0. The molecule has 2 heterocycles. The summed E-state index contributed by atoms with van der Waals surface area (Å²) in [5, 5.41) is 0.767. The SMILES string of the molecule is CC.CCc1cc(F)c2nc(C)cc(C(C)(C)F)c2c1.Cc1cc(F)c2nc(C)cc(C(F)F)c2c1. The molecule has 0 bridgehead atoms. The van der Waals surface area contributed by atoms with Crippen LogP contribution in [-0.2, 0) is 12.1 Å². The lowest BCUT2D eigenvalue weighted by Crippen LogP contribution is -2.11. The van der Waals surface area contributed by atoms with Crippen molar-refractivity contribution in [1.29, 1.82) is 0 Å². The first-order valence-electron chi connectivity index (χ1n) is 12.0. The van der Waals surface area contributed by atoms with Gasteiger partial charge in [0.15, 0.2) is 0 Å². The van der Waals surface area contributed by atoms with Crippen molar-refractivity contribution in [3.05, 3.63) is 81.7 Å². The minimum atomic E-state index is -2.62. The predicted molar refractivity (Wildman–Crippen MR) is 137 cm³/mol. The largest absolute Gasteiger partial charge is 0.264 e. The molecule has 0 radical (unpaired) electrons. The van der Waals surface area contributed by atoms with Gasteiger partial charge in [-0.05, 0) is 94.1 Å². The van der Waals surface area contributed by atoms with E-state index in [0.29, 0.717) is 34.3 Å². The zero-order valence-electron chi connectivity index (χ0n) is 22.0. The van der Waals surface area contributed by atoms with E-state index in [4.69, 9.17) is 0 Å². The first-order chi connectivity index (χ1) is 16.8. The highest BCUT2D eigenvalue weighted by Gasteiger charge is 2.23. The van der Waals surface area contributed by atoms with Crippen LogP contribution >= 0.6 is 0 Å². The summed E-state index contributed by atoms with van der Waals surface area (Å²) < 4.78 is 67.4. The minimum absolute atomic E-state index is 0.0147. The molecular formula is C29H33F5N2. The van der Waals surface area contributed by atoms with E-state index in [2.05, 4.69) is 9.97 Å². The second kappa shape index (κ2) is 11.8. The zero-order valence-corrected chi connectivity index (χ0v) is 22.0. The van der Waals surface area contributed by atoms with Gasteiger partial charge in [0, 0.05) is 27.7 Å². The number of fused-ring (bicyclic) bond motifs is 2. The first kappa shape index (κ1) is 29.1. The molecule has 4 rings (SSSR count). The Balaban J connectivity index is 0.000000239. The summed E-state index contributed by atoms with van der Waals surface area (Å²) in [4.78, 5) is 8.13. The van der Waals surface area contributed by atoms with E-state index in [9.17, 15) is 22.0 Å². The highest BCUT2D eigenvalue weighted by atomic mass is 19.3. The number of hydrogen-bond acceptors (Lipinski definition) is 2. The van der Waals surface area contributed by atoms with Gasteiger partial charge in [-0.2, -0.15) is 0 Å². The molecule has 36 heavy (non-hydrogen) atoms. The molecule has 0 aliphatic rings. The normalized spacial score (nSPS) is 11.3. The van der Waals surface area contributed by atoms with Crippen LogP contribution in [-0.4, -0.2) is 9.97 Å². The van der Waals surface area contributed by atoms with Crippen molar-refractivity contribution in [3.8, 4) is 0 Å². The van der Waals surface area contributed by atoms with E-state index < -0.39 is 17.9 Å². The number of halogens is 5. The topological polar surface area (TPSA) is 25.8 Å². The van der Waals surface area contributed by atoms with Crippen LogP contribution in [0.1, 0.15) is 74.7 Å². The van der Waals surface area contributed by atoms with Crippen molar-refractivity contribution in [2.45, 2.75) is 73.9 Å². The van der Waals surface area contributed by atoms with Crippen molar-refractivity contribution >= 4 is 21.8 Å². The predicted octanol–water partition coefficient (Wildman–Crippen LogP) is 9.40. The zero-order chi connectivity index (χ0) is 27.4. The molecular weight excluding hydrogens is 471 g/mol. The van der Waals surface area contributed by atoms with Crippen LogP contribution in [0.4, 0.5) is 22.0 Å². The van der Waals surface area contributed by atoms with Gasteiger partial charge in [0.1, 0.15) is 28.3 Å². The van der Waals surface area contributed by atoms with Crippen LogP contribution < -0.4 is 0 Å². The molecule has 194 valence electrons. The monoisotopic (exact) mass is 504 g/mol. The molecule has 0 N–H and O–H groups in total. The second-order valence-corrected chi connectivity index (χ2v) is 8.91. The van der Waals surface area contributed by atoms with Crippen molar-refractivity contribution in [3.63, 3.8) is 0 Å². The Morgan fingerprint density at radius 2 is 1.31 bits per heavy atom. The summed E-state index contributed by atoms with van der Waals surface area (Å²) in [6.45, 7) is 13.9. The molecule has 0 fully saturated rings. The van der Waals surface area contributed by atoms with E-state index in [1.807, 2.05) is 26.8 Å². The molecule has 0 aliphatic carbocycles. The van der Waals surface area contributed by atoms with Crippen LogP contribution in [0.25, 0.3) is 21.8 Å². The Morgan fingerprint density at radius 1 is 0.778 bits per heavy atom. The van der Waals surface area contributed by atoms with Crippen LogP contribution in [0.5, 0.6) is 0 Å². The number of pyridine rings is 2. The third-order valence-corrected chi connectivity index (χ3v) is 5.51. The second-order valence-electron chi connectivity index (χ2n) is 8.91. The average molecular weight is 505 g/mol. The molecule has 2 aromatic heterocycles. The number of aryl methyl sites for hydroxylation is 4. The lowest BCUT2D eigenvalue weighted by molar-refractivity contribution is 0.153. The minimum Gasteiger partial charge on any atom is -0.250 e. The fraction of sp³-hybridized carbons (Fsp3) is 0.379. The van der Waals surface area contributed by atoms with Crippen LogP contribution in [0, 0.1) is 32.4 Å². The molecule has 4 aromatic rings. The Hall–Kier alpha value is -3.09. The summed E-state index contributed by atoms with van der Waals surface area (Å²) in [7, 11) is 0. The standard InChI is InChI=1S/C15H17F2N.C12H10F3N.C2H6/c1-5-10-7-11-12(15(3,4)17)6-9(2)18-14(11)13(16)8-10;1-6-3-8-9(12(14)15)5-7(2)16-11(8)10(13)4-6;1-2/h6-8H,5H2,1-4H3;3-5,12H,1-2H3;1-2H3. The van der Waals surface area contributed by atoms with Crippen LogP contribution in [0.2, 0.25) is 0 Å². The Morgan fingerprint density at radius 3 is 1.83 bits per heavy atom. The van der Waals surface area contributed by atoms with E-state index >= 15 is 0 Å². The number of alkyl halides is 3. The first-order valence-corrected chi connectivity index (χ1v) is 12.0. The quantitative estimate of drug-likeness (QED) is 0.260. The molecule has 0 aliphatic heterocycles. The van der Waals surface area contributed by atoms with Gasteiger partial charge in [0.05, 0.1) is 0 Å². The third kappa shape index (κ3) is 6.56. The Bertz CT molecular complexity index is 1360. The maximum Gasteiger partial charge on any atom is 0.264 e. The van der Waals surface area contributed by atoms with E-state index in [1.54, 1.807) is 26.8 Å². The Labute approximate surface area is 209 Å². The number of aromatic nitrogens is 2. The average Bonchev–Trinajstić information content (AvgIpc) is 2.80. The van der Waals surface area contributed by atoms with Gasteiger partial charge in [-0.25, -0.2) is 22.0 Å². The van der Waals surface area contributed by atoms with Gasteiger partial charge >= 0.3 is 0 Å². The molecule has 2 nitrogen and oxygen atoms in total. The molecule has 0 amide bonds. The molecule has 2 aromatic carbocycles. The van der Waals surface area contributed by atoms with Crippen molar-refractivity contribution in [2.24, 2.45) is 0 Å². The van der Waals surface area contributed by atoms with Gasteiger partial charge in [0.2, 0.25) is 0 Å². The highest BCUT2D eigenvalue weighted by molar-refractivity contribution is 5.85. The van der Waals surface area contributed by atoms with Gasteiger partial charge in [-0.1, -0.05) is 20.8 Å². The molecule has 0 spiro atoms. The van der Waals surface area contributed by atoms with E-state index in [1.165, 1.54) is 38.1 Å². The summed E-state index contributed by atoms with van der Waals surface area (Å²) in [6.07, 6.45) is -1.90. The summed E-state index contributed by atoms with van der Waals surface area (Å²) in [5.74, 6) is -0.931. The lowest BCUT2D eigenvalue weighted by atomic mass is 9.94. The summed E-state index contributed by atoms with van der Waals surface area (Å²) in [5.41, 5.74) is 1.59. The number of nitrogens with zero attached hydrogens (tertiary/aromatic N) is 2. The lowest BCUT2D eigenvalue weighted by Gasteiger charge is -2.18. The maximum absolute atomic E-state index is 14.2. The fourth-order valence-electron chi connectivity index (χ4n) is 3.93. The Kier molecular flexibility index (Phi) is 9.52. The van der Waals surface area contributed by atoms with Gasteiger partial charge in [0.25, 0.3) is 6.43 Å². The molecule has 0 saturated heterocycles. The van der Waals surface area contributed by atoms with Crippen molar-refractivity contribution < 1.29 is 22.0 Å². The van der Waals surface area contributed by atoms with Gasteiger partial charge in [-0.3, -0.25) is 9.97 Å². The number of hydrogen-bond donors (Lipinski definition) is 0.